The first-order chi connectivity index (χ1) is 9.58. The topological polar surface area (TPSA) is 69.6 Å². The summed E-state index contributed by atoms with van der Waals surface area (Å²) in [5, 5.41) is 21.7. The molecule has 1 aliphatic rings. The van der Waals surface area contributed by atoms with Gasteiger partial charge in [-0.05, 0) is 65.2 Å². The number of rotatable bonds is 4. The average molecular weight is 342 g/mol. The summed E-state index contributed by atoms with van der Waals surface area (Å²) in [6, 6.07) is 5.39. The number of hydrogen-bond acceptors (Lipinski definition) is 3. The molecule has 1 aromatic rings. The smallest absolute Gasteiger partial charge is 0.224 e. The SMILES string of the molecule is O=C(Cc1ccc(Br)c(O)c1)NC1CCC(CO)CC1. The van der Waals surface area contributed by atoms with Crippen molar-refractivity contribution in [2.75, 3.05) is 6.61 Å². The van der Waals surface area contributed by atoms with E-state index in [1.165, 1.54) is 0 Å². The fraction of sp³-hybridized carbons (Fsp3) is 0.533. The van der Waals surface area contributed by atoms with Gasteiger partial charge >= 0.3 is 0 Å². The zero-order valence-electron chi connectivity index (χ0n) is 11.3. The van der Waals surface area contributed by atoms with Gasteiger partial charge in [-0.25, -0.2) is 0 Å². The van der Waals surface area contributed by atoms with E-state index < -0.39 is 0 Å². The van der Waals surface area contributed by atoms with Crippen LogP contribution in [-0.4, -0.2) is 28.8 Å². The van der Waals surface area contributed by atoms with Crippen molar-refractivity contribution in [1.82, 2.24) is 5.32 Å². The number of aromatic hydroxyl groups is 1. The molecule has 0 spiro atoms. The van der Waals surface area contributed by atoms with E-state index in [1.54, 1.807) is 12.1 Å². The highest BCUT2D eigenvalue weighted by molar-refractivity contribution is 9.10. The van der Waals surface area contributed by atoms with Crippen LogP contribution in [0.1, 0.15) is 31.2 Å². The molecule has 1 aliphatic carbocycles. The second-order valence-electron chi connectivity index (χ2n) is 5.43. The molecule has 1 aromatic carbocycles. The minimum Gasteiger partial charge on any atom is -0.507 e. The molecule has 4 nitrogen and oxygen atoms in total. The number of carbonyl (C=O) groups excluding carboxylic acids is 1. The van der Waals surface area contributed by atoms with Crippen molar-refractivity contribution in [2.45, 2.75) is 38.1 Å². The molecule has 110 valence electrons. The van der Waals surface area contributed by atoms with Gasteiger partial charge in [-0.1, -0.05) is 6.07 Å². The Labute approximate surface area is 127 Å². The molecule has 1 fully saturated rings. The summed E-state index contributed by atoms with van der Waals surface area (Å²) in [6.45, 7) is 0.249. The first-order valence-corrected chi connectivity index (χ1v) is 7.75. The van der Waals surface area contributed by atoms with E-state index >= 15 is 0 Å². The van der Waals surface area contributed by atoms with Gasteiger partial charge in [0.05, 0.1) is 10.9 Å². The number of phenols is 1. The third-order valence-corrected chi connectivity index (χ3v) is 4.52. The summed E-state index contributed by atoms with van der Waals surface area (Å²) in [5.41, 5.74) is 0.798. The molecular formula is C15H20BrNO3. The van der Waals surface area contributed by atoms with Gasteiger partial charge in [0.1, 0.15) is 5.75 Å². The van der Waals surface area contributed by atoms with Crippen LogP contribution in [0.25, 0.3) is 0 Å². The Morgan fingerprint density at radius 2 is 2.00 bits per heavy atom. The lowest BCUT2D eigenvalue weighted by atomic mass is 9.86. The number of phenolic OH excluding ortho intramolecular Hbond substituents is 1. The average Bonchev–Trinajstić information content (AvgIpc) is 2.44. The zero-order valence-corrected chi connectivity index (χ0v) is 12.9. The highest BCUT2D eigenvalue weighted by Crippen LogP contribution is 2.25. The molecule has 0 heterocycles. The lowest BCUT2D eigenvalue weighted by Crippen LogP contribution is -2.38. The normalized spacial score (nSPS) is 22.5. The molecule has 0 radical (unpaired) electrons. The highest BCUT2D eigenvalue weighted by atomic mass is 79.9. The van der Waals surface area contributed by atoms with Crippen LogP contribution in [0.3, 0.4) is 0 Å². The summed E-state index contributed by atoms with van der Waals surface area (Å²) >= 11 is 3.22. The third-order valence-electron chi connectivity index (χ3n) is 3.85. The predicted molar refractivity (Wildman–Crippen MR) is 80.5 cm³/mol. The number of hydrogen-bond donors (Lipinski definition) is 3. The van der Waals surface area contributed by atoms with Crippen LogP contribution in [0.15, 0.2) is 22.7 Å². The summed E-state index contributed by atoms with van der Waals surface area (Å²) in [7, 11) is 0. The maximum atomic E-state index is 12.0. The molecule has 2 rings (SSSR count). The van der Waals surface area contributed by atoms with Crippen LogP contribution in [0.5, 0.6) is 5.75 Å². The number of benzene rings is 1. The predicted octanol–water partition coefficient (Wildman–Crippen LogP) is 2.36. The Balaban J connectivity index is 1.82. The van der Waals surface area contributed by atoms with Crippen LogP contribution in [0, 0.1) is 5.92 Å². The maximum absolute atomic E-state index is 12.0. The lowest BCUT2D eigenvalue weighted by molar-refractivity contribution is -0.121. The van der Waals surface area contributed by atoms with E-state index in [-0.39, 0.29) is 30.7 Å². The molecule has 0 saturated heterocycles. The van der Waals surface area contributed by atoms with Crippen molar-refractivity contribution in [3.8, 4) is 5.75 Å². The number of nitrogens with one attached hydrogen (secondary N) is 1. The number of amides is 1. The van der Waals surface area contributed by atoms with Crippen molar-refractivity contribution in [1.29, 1.82) is 0 Å². The van der Waals surface area contributed by atoms with Crippen molar-refractivity contribution in [2.24, 2.45) is 5.92 Å². The quantitative estimate of drug-likeness (QED) is 0.787. The van der Waals surface area contributed by atoms with Crippen LogP contribution in [-0.2, 0) is 11.2 Å². The minimum absolute atomic E-state index is 0.0147. The number of aliphatic hydroxyl groups is 1. The molecule has 20 heavy (non-hydrogen) atoms. The Kier molecular flexibility index (Phi) is 5.43. The molecule has 5 heteroatoms. The van der Waals surface area contributed by atoms with Crippen LogP contribution in [0.2, 0.25) is 0 Å². The van der Waals surface area contributed by atoms with Gasteiger partial charge in [-0.2, -0.15) is 0 Å². The third kappa shape index (κ3) is 4.21. The molecule has 0 bridgehead atoms. The van der Waals surface area contributed by atoms with Crippen LogP contribution >= 0.6 is 15.9 Å². The summed E-state index contributed by atoms with van der Waals surface area (Å²) in [6.07, 6.45) is 4.09. The van der Waals surface area contributed by atoms with Gasteiger partial charge in [0.15, 0.2) is 0 Å². The molecule has 1 amide bonds. The largest absolute Gasteiger partial charge is 0.507 e. The second kappa shape index (κ2) is 7.09. The van der Waals surface area contributed by atoms with E-state index in [9.17, 15) is 9.90 Å². The van der Waals surface area contributed by atoms with Gasteiger partial charge in [0, 0.05) is 12.6 Å². The first kappa shape index (κ1) is 15.3. The Morgan fingerprint density at radius 3 is 2.60 bits per heavy atom. The van der Waals surface area contributed by atoms with E-state index in [4.69, 9.17) is 5.11 Å². The first-order valence-electron chi connectivity index (χ1n) is 6.96. The van der Waals surface area contributed by atoms with Crippen LogP contribution in [0.4, 0.5) is 0 Å². The molecule has 0 aromatic heterocycles. The Bertz CT molecular complexity index is 470. The molecule has 1 saturated carbocycles. The summed E-state index contributed by atoms with van der Waals surface area (Å²) in [5.74, 6) is 0.532. The second-order valence-corrected chi connectivity index (χ2v) is 6.28. The number of aliphatic hydroxyl groups excluding tert-OH is 1. The van der Waals surface area contributed by atoms with E-state index in [0.29, 0.717) is 10.4 Å². The fourth-order valence-electron chi connectivity index (χ4n) is 2.62. The van der Waals surface area contributed by atoms with E-state index in [1.807, 2.05) is 6.07 Å². The molecule has 0 unspecified atom stereocenters. The van der Waals surface area contributed by atoms with Gasteiger partial charge in [0.2, 0.25) is 5.91 Å². The molecular weight excluding hydrogens is 322 g/mol. The summed E-state index contributed by atoms with van der Waals surface area (Å²) in [4.78, 5) is 12.0. The Hall–Kier alpha value is -1.07. The molecule has 3 N–H and O–H groups in total. The summed E-state index contributed by atoms with van der Waals surface area (Å²) < 4.78 is 0.629. The number of halogens is 1. The van der Waals surface area contributed by atoms with Gasteiger partial charge in [-0.15, -0.1) is 0 Å². The standard InChI is InChI=1S/C15H20BrNO3/c16-13-6-3-11(7-14(13)19)8-15(20)17-12-4-1-10(9-18)2-5-12/h3,6-7,10,12,18-19H,1-2,4-5,8-9H2,(H,17,20). The molecule has 0 atom stereocenters. The monoisotopic (exact) mass is 341 g/mol. The van der Waals surface area contributed by atoms with E-state index in [0.717, 1.165) is 31.2 Å². The van der Waals surface area contributed by atoms with Crippen molar-refractivity contribution < 1.29 is 15.0 Å². The number of carbonyl (C=O) groups is 1. The fourth-order valence-corrected chi connectivity index (χ4v) is 2.87. The zero-order chi connectivity index (χ0) is 14.5. The highest BCUT2D eigenvalue weighted by Gasteiger charge is 2.21. The maximum Gasteiger partial charge on any atom is 0.224 e. The van der Waals surface area contributed by atoms with Crippen molar-refractivity contribution in [3.05, 3.63) is 28.2 Å². The van der Waals surface area contributed by atoms with Gasteiger partial charge in [0.25, 0.3) is 0 Å². The van der Waals surface area contributed by atoms with Crippen molar-refractivity contribution in [3.63, 3.8) is 0 Å². The van der Waals surface area contributed by atoms with Crippen LogP contribution < -0.4 is 5.32 Å². The van der Waals surface area contributed by atoms with Gasteiger partial charge in [-0.3, -0.25) is 4.79 Å². The Morgan fingerprint density at radius 1 is 1.30 bits per heavy atom. The minimum atomic E-state index is -0.0147. The van der Waals surface area contributed by atoms with Gasteiger partial charge < -0.3 is 15.5 Å². The molecule has 0 aliphatic heterocycles. The van der Waals surface area contributed by atoms with Crippen molar-refractivity contribution >= 4 is 21.8 Å². The van der Waals surface area contributed by atoms with E-state index in [2.05, 4.69) is 21.2 Å². The lowest BCUT2D eigenvalue weighted by Gasteiger charge is -2.28.